The van der Waals surface area contributed by atoms with Gasteiger partial charge in [0.15, 0.2) is 0 Å². The fourth-order valence-corrected chi connectivity index (χ4v) is 2.11. The van der Waals surface area contributed by atoms with Crippen LogP contribution in [0.25, 0.3) is 0 Å². The highest BCUT2D eigenvalue weighted by molar-refractivity contribution is 7.46. The second-order valence-electron chi connectivity index (χ2n) is 4.89. The molecule has 1 unspecified atom stereocenters. The van der Waals surface area contributed by atoms with Crippen molar-refractivity contribution >= 4 is 13.8 Å². The molecule has 7 heteroatoms. The maximum Gasteiger partial charge on any atom is 0.472 e. The van der Waals surface area contributed by atoms with Crippen molar-refractivity contribution in [3.63, 3.8) is 0 Å². The Kier molecular flexibility index (Phi) is 11.0. The van der Waals surface area contributed by atoms with Gasteiger partial charge in [0, 0.05) is 0 Å². The van der Waals surface area contributed by atoms with Crippen LogP contribution >= 0.6 is 7.82 Å². The number of hydrogen-bond acceptors (Lipinski definition) is 4. The summed E-state index contributed by atoms with van der Waals surface area (Å²) in [5, 5.41) is 0. The van der Waals surface area contributed by atoms with Crippen LogP contribution in [0.2, 0.25) is 0 Å². The monoisotopic (exact) mass is 310 g/mol. The van der Waals surface area contributed by atoms with Crippen LogP contribution in [0.5, 0.6) is 0 Å². The highest BCUT2D eigenvalue weighted by atomic mass is 31.2. The van der Waals surface area contributed by atoms with E-state index in [-0.39, 0.29) is 5.92 Å². The summed E-state index contributed by atoms with van der Waals surface area (Å²) >= 11 is 0. The number of unbranched alkanes of at least 4 members (excludes halogenated alkanes) is 4. The lowest BCUT2D eigenvalue weighted by Crippen LogP contribution is -2.19. The van der Waals surface area contributed by atoms with Gasteiger partial charge in [0.05, 0.1) is 5.92 Å². The quantitative estimate of drug-likeness (QED) is 0.248. The first-order chi connectivity index (χ1) is 9.40. The Hall–Kier alpha value is -0.420. The van der Waals surface area contributed by atoms with Crippen LogP contribution in [0.3, 0.4) is 0 Å². The Labute approximate surface area is 121 Å². The Balaban J connectivity index is 4.09. The molecule has 2 N–H and O–H groups in total. The van der Waals surface area contributed by atoms with Crippen LogP contribution in [0.1, 0.15) is 65.2 Å². The molecule has 0 aliphatic heterocycles. The minimum Gasteiger partial charge on any atom is -0.438 e. The first-order valence-corrected chi connectivity index (χ1v) is 8.80. The zero-order chi connectivity index (χ0) is 15.4. The molecule has 0 aliphatic rings. The van der Waals surface area contributed by atoms with Gasteiger partial charge in [0.25, 0.3) is 0 Å². The van der Waals surface area contributed by atoms with Crippen LogP contribution in [0.4, 0.5) is 0 Å². The molecule has 0 bridgehead atoms. The number of carbonyl (C=O) groups is 1. The number of esters is 1. The standard InChI is InChI=1S/C13H27O6P/c1-3-5-7-8-10-12(9-6-4-2)13(14)18-11-19-20(15,16)17/h12H,3-11H2,1-2H3,(H2,15,16,17). The normalized spacial score (nSPS) is 13.2. The van der Waals surface area contributed by atoms with Gasteiger partial charge in [-0.2, -0.15) is 0 Å². The SMILES string of the molecule is CCCCCCC(CCCC)C(=O)OCOP(=O)(O)O. The molecule has 0 aromatic rings. The van der Waals surface area contributed by atoms with Crippen LogP contribution in [0.15, 0.2) is 0 Å². The predicted octanol–water partition coefficient (Wildman–Crippen LogP) is 3.37. The van der Waals surface area contributed by atoms with Crippen LogP contribution in [0, 0.1) is 5.92 Å². The van der Waals surface area contributed by atoms with Gasteiger partial charge in [0.2, 0.25) is 6.79 Å². The molecular weight excluding hydrogens is 283 g/mol. The molecule has 0 heterocycles. The van der Waals surface area contributed by atoms with Gasteiger partial charge in [0.1, 0.15) is 0 Å². The largest absolute Gasteiger partial charge is 0.472 e. The summed E-state index contributed by atoms with van der Waals surface area (Å²) in [6.45, 7) is 3.49. The molecule has 120 valence electrons. The Morgan fingerprint density at radius 2 is 1.65 bits per heavy atom. The van der Waals surface area contributed by atoms with E-state index >= 15 is 0 Å². The van der Waals surface area contributed by atoms with E-state index in [1.807, 2.05) is 0 Å². The van der Waals surface area contributed by atoms with Gasteiger partial charge >= 0.3 is 13.8 Å². The van der Waals surface area contributed by atoms with Gasteiger partial charge in [-0.15, -0.1) is 0 Å². The number of carbonyl (C=O) groups excluding carboxylic acids is 1. The molecule has 6 nitrogen and oxygen atoms in total. The van der Waals surface area contributed by atoms with E-state index < -0.39 is 20.6 Å². The van der Waals surface area contributed by atoms with Crippen molar-refractivity contribution < 1.29 is 28.4 Å². The van der Waals surface area contributed by atoms with E-state index in [4.69, 9.17) is 14.5 Å². The minimum absolute atomic E-state index is 0.202. The molecule has 20 heavy (non-hydrogen) atoms. The van der Waals surface area contributed by atoms with Crippen molar-refractivity contribution in [1.82, 2.24) is 0 Å². The minimum atomic E-state index is -4.58. The summed E-state index contributed by atoms with van der Waals surface area (Å²) in [5.74, 6) is -0.629. The topological polar surface area (TPSA) is 93.1 Å². The number of ether oxygens (including phenoxy) is 1. The van der Waals surface area contributed by atoms with E-state index in [1.54, 1.807) is 0 Å². The van der Waals surface area contributed by atoms with Crippen LogP contribution in [-0.4, -0.2) is 22.5 Å². The average Bonchev–Trinajstić information content (AvgIpc) is 2.36. The summed E-state index contributed by atoms with van der Waals surface area (Å²) < 4.78 is 19.4. The van der Waals surface area contributed by atoms with E-state index in [9.17, 15) is 9.36 Å². The highest BCUT2D eigenvalue weighted by Crippen LogP contribution is 2.35. The molecule has 0 aliphatic carbocycles. The molecule has 0 saturated heterocycles. The molecule has 0 aromatic heterocycles. The fourth-order valence-electron chi connectivity index (χ4n) is 1.92. The van der Waals surface area contributed by atoms with Crippen LogP contribution < -0.4 is 0 Å². The van der Waals surface area contributed by atoms with E-state index in [0.717, 1.165) is 51.4 Å². The van der Waals surface area contributed by atoms with E-state index in [1.165, 1.54) is 0 Å². The number of hydrogen-bond donors (Lipinski definition) is 2. The molecular formula is C13H27O6P. The number of rotatable bonds is 12. The van der Waals surface area contributed by atoms with Gasteiger partial charge in [-0.1, -0.05) is 52.4 Å². The third-order valence-corrected chi connectivity index (χ3v) is 3.51. The maximum atomic E-state index is 11.8. The van der Waals surface area contributed by atoms with Crippen molar-refractivity contribution in [1.29, 1.82) is 0 Å². The maximum absolute atomic E-state index is 11.8. The number of phosphoric acid groups is 1. The summed E-state index contributed by atoms with van der Waals surface area (Å²) in [5.41, 5.74) is 0. The Morgan fingerprint density at radius 1 is 1.05 bits per heavy atom. The predicted molar refractivity (Wildman–Crippen MR) is 75.9 cm³/mol. The molecule has 0 amide bonds. The fraction of sp³-hybridized carbons (Fsp3) is 0.923. The third kappa shape index (κ3) is 11.4. The van der Waals surface area contributed by atoms with E-state index in [2.05, 4.69) is 18.4 Å². The second-order valence-corrected chi connectivity index (χ2v) is 6.13. The lowest BCUT2D eigenvalue weighted by atomic mass is 9.95. The smallest absolute Gasteiger partial charge is 0.438 e. The van der Waals surface area contributed by atoms with Crippen LogP contribution in [-0.2, 0) is 18.6 Å². The van der Waals surface area contributed by atoms with Gasteiger partial charge in [-0.05, 0) is 12.8 Å². The van der Waals surface area contributed by atoms with Gasteiger partial charge in [-0.25, -0.2) is 9.09 Å². The third-order valence-electron chi connectivity index (χ3n) is 3.07. The molecule has 0 rings (SSSR count). The van der Waals surface area contributed by atoms with Crippen molar-refractivity contribution in [2.75, 3.05) is 6.79 Å². The van der Waals surface area contributed by atoms with Gasteiger partial charge < -0.3 is 14.5 Å². The lowest BCUT2D eigenvalue weighted by molar-refractivity contribution is -0.156. The second kappa shape index (κ2) is 11.3. The number of phosphoric ester groups is 1. The summed E-state index contributed by atoms with van der Waals surface area (Å²) in [7, 11) is -4.58. The molecule has 0 aromatic carbocycles. The summed E-state index contributed by atoms with van der Waals surface area (Å²) in [6, 6.07) is 0. The molecule has 0 fully saturated rings. The summed E-state index contributed by atoms with van der Waals surface area (Å²) in [4.78, 5) is 28.9. The average molecular weight is 310 g/mol. The lowest BCUT2D eigenvalue weighted by Gasteiger charge is -2.15. The highest BCUT2D eigenvalue weighted by Gasteiger charge is 2.21. The molecule has 0 saturated carbocycles. The zero-order valence-corrected chi connectivity index (χ0v) is 13.3. The molecule has 0 spiro atoms. The van der Waals surface area contributed by atoms with E-state index in [0.29, 0.717) is 0 Å². The molecule has 1 atom stereocenters. The Bertz CT molecular complexity index is 301. The Morgan fingerprint density at radius 3 is 2.20 bits per heavy atom. The van der Waals surface area contributed by atoms with Crippen molar-refractivity contribution in [3.05, 3.63) is 0 Å². The summed E-state index contributed by atoms with van der Waals surface area (Å²) in [6.07, 6.45) is 7.79. The van der Waals surface area contributed by atoms with Crippen molar-refractivity contribution in [2.24, 2.45) is 5.92 Å². The van der Waals surface area contributed by atoms with Crippen molar-refractivity contribution in [3.8, 4) is 0 Å². The zero-order valence-electron chi connectivity index (χ0n) is 12.4. The van der Waals surface area contributed by atoms with Gasteiger partial charge in [-0.3, -0.25) is 4.79 Å². The first kappa shape index (κ1) is 19.6. The molecule has 0 radical (unpaired) electrons. The first-order valence-electron chi connectivity index (χ1n) is 7.27. The van der Waals surface area contributed by atoms with Crippen molar-refractivity contribution in [2.45, 2.75) is 65.2 Å².